The number of likely N-dealkylation sites (tertiary alicyclic amines) is 1. The number of para-hydroxylation sites is 1. The molecule has 11 nitrogen and oxygen atoms in total. The zero-order valence-electron chi connectivity index (χ0n) is 31.9. The van der Waals surface area contributed by atoms with E-state index in [1.54, 1.807) is 11.3 Å². The Bertz CT molecular complexity index is 2310. The molecule has 6 aliphatic rings. The van der Waals surface area contributed by atoms with E-state index in [-0.39, 0.29) is 16.7 Å². The first-order chi connectivity index (χ1) is 26.7. The van der Waals surface area contributed by atoms with E-state index in [1.807, 2.05) is 36.5 Å². The SMILES string of the molecule is Cc1c(Nc2nc3ccccc3s2)[nH]c2c1CCCN2c1ccc(-c2cnn(C[C@]34CC5CC6(OCCN7CCCC7)CC(C3)C6(C5)C4)c2C)c(C(=O)O)n1. The number of hydrogen-bond acceptors (Lipinski definition) is 9. The average molecular weight is 759 g/mol. The Labute approximate surface area is 325 Å². The molecule has 4 aromatic heterocycles. The normalized spacial score (nSPS) is 29.2. The van der Waals surface area contributed by atoms with Crippen molar-refractivity contribution < 1.29 is 14.6 Å². The number of hydrogen-bond donors (Lipinski definition) is 3. The van der Waals surface area contributed by atoms with Crippen LogP contribution in [0.5, 0.6) is 0 Å². The number of nitrogens with zero attached hydrogens (tertiary/aromatic N) is 6. The van der Waals surface area contributed by atoms with Gasteiger partial charge in [-0.1, -0.05) is 23.5 Å². The molecule has 3 bridgehead atoms. The fourth-order valence-corrected chi connectivity index (χ4v) is 13.5. The minimum Gasteiger partial charge on any atom is -0.476 e. The number of H-pyrrole nitrogens is 1. The number of benzene rings is 1. The van der Waals surface area contributed by atoms with Gasteiger partial charge >= 0.3 is 5.97 Å². The summed E-state index contributed by atoms with van der Waals surface area (Å²) in [6, 6.07) is 12.1. The van der Waals surface area contributed by atoms with Crippen LogP contribution in [0.15, 0.2) is 42.6 Å². The van der Waals surface area contributed by atoms with Crippen LogP contribution in [0.2, 0.25) is 0 Å². The van der Waals surface area contributed by atoms with Crippen molar-refractivity contribution in [2.45, 2.75) is 90.2 Å². The molecule has 11 rings (SSSR count). The Morgan fingerprint density at radius 2 is 1.89 bits per heavy atom. The van der Waals surface area contributed by atoms with E-state index in [4.69, 9.17) is 19.8 Å². The second-order valence-corrected chi connectivity index (χ2v) is 18.8. The zero-order chi connectivity index (χ0) is 37.1. The topological polar surface area (TPSA) is 124 Å². The highest BCUT2D eigenvalue weighted by atomic mass is 32.1. The van der Waals surface area contributed by atoms with Crippen molar-refractivity contribution >= 4 is 50.1 Å². The summed E-state index contributed by atoms with van der Waals surface area (Å²) < 4.78 is 10.3. The number of aromatic nitrogens is 5. The van der Waals surface area contributed by atoms with Crippen LogP contribution in [0.25, 0.3) is 21.3 Å². The lowest BCUT2D eigenvalue weighted by Gasteiger charge is -2.58. The van der Waals surface area contributed by atoms with Gasteiger partial charge in [-0.3, -0.25) is 4.68 Å². The highest BCUT2D eigenvalue weighted by Crippen LogP contribution is 2.81. The number of ether oxygens (including phenoxy) is 1. The van der Waals surface area contributed by atoms with Gasteiger partial charge in [0.2, 0.25) is 0 Å². The fraction of sp³-hybridized carbons (Fsp3) is 0.535. The van der Waals surface area contributed by atoms with Crippen LogP contribution in [0.3, 0.4) is 0 Å². The highest BCUT2D eigenvalue weighted by Gasteiger charge is 2.78. The smallest absolute Gasteiger partial charge is 0.355 e. The molecule has 4 aliphatic carbocycles. The van der Waals surface area contributed by atoms with Crippen LogP contribution in [-0.4, -0.2) is 79.1 Å². The Hall–Kier alpha value is -4.26. The summed E-state index contributed by atoms with van der Waals surface area (Å²) in [6.07, 6.45) is 14.0. The predicted octanol–water partition coefficient (Wildman–Crippen LogP) is 8.48. The van der Waals surface area contributed by atoms with Crippen molar-refractivity contribution in [3.8, 4) is 11.1 Å². The zero-order valence-corrected chi connectivity index (χ0v) is 32.7. The Kier molecular flexibility index (Phi) is 7.65. The summed E-state index contributed by atoms with van der Waals surface area (Å²) in [5.41, 5.74) is 6.56. The monoisotopic (exact) mass is 758 g/mol. The van der Waals surface area contributed by atoms with Gasteiger partial charge in [-0.2, -0.15) is 5.10 Å². The molecule has 1 aromatic carbocycles. The molecule has 0 radical (unpaired) electrons. The molecule has 1 saturated heterocycles. The molecule has 12 heteroatoms. The fourth-order valence-electron chi connectivity index (χ4n) is 12.6. The minimum atomic E-state index is -1.03. The van der Waals surface area contributed by atoms with Gasteiger partial charge in [-0.15, -0.1) is 0 Å². The van der Waals surface area contributed by atoms with Gasteiger partial charge in [0.15, 0.2) is 10.8 Å². The Morgan fingerprint density at radius 1 is 1.02 bits per heavy atom. The van der Waals surface area contributed by atoms with E-state index >= 15 is 0 Å². The first-order valence-corrected chi connectivity index (χ1v) is 21.3. The lowest BCUT2D eigenvalue weighted by molar-refractivity contribution is -0.213. The van der Waals surface area contributed by atoms with Crippen molar-refractivity contribution in [2.24, 2.45) is 22.7 Å². The molecule has 4 saturated carbocycles. The van der Waals surface area contributed by atoms with E-state index in [2.05, 4.69) is 44.7 Å². The lowest BCUT2D eigenvalue weighted by atomic mass is 9.52. The van der Waals surface area contributed by atoms with Gasteiger partial charge < -0.3 is 29.9 Å². The molecule has 5 aromatic rings. The second-order valence-electron chi connectivity index (χ2n) is 17.8. The van der Waals surface area contributed by atoms with Crippen LogP contribution >= 0.6 is 11.3 Å². The summed E-state index contributed by atoms with van der Waals surface area (Å²) in [7, 11) is 0. The molecule has 2 aliphatic heterocycles. The number of nitrogens with one attached hydrogen (secondary N) is 2. The van der Waals surface area contributed by atoms with Crippen LogP contribution in [-0.2, 0) is 17.7 Å². The van der Waals surface area contributed by atoms with Gasteiger partial charge in [0.05, 0.1) is 28.6 Å². The summed E-state index contributed by atoms with van der Waals surface area (Å²) >= 11 is 1.63. The Balaban J connectivity index is 0.836. The van der Waals surface area contributed by atoms with Crippen molar-refractivity contribution in [2.75, 3.05) is 43.0 Å². The maximum Gasteiger partial charge on any atom is 0.355 e. The van der Waals surface area contributed by atoms with E-state index in [1.165, 1.54) is 70.0 Å². The molecule has 6 heterocycles. The quantitative estimate of drug-likeness (QED) is 0.122. The summed E-state index contributed by atoms with van der Waals surface area (Å²) in [4.78, 5) is 30.8. The standard InChI is InChI=1S/C43H50N8O3S/c1-26-30-8-7-15-50(38(30)47-37(26)48-40-45-33-9-3-4-10-34(33)55-40)35-12-11-31(36(46-35)39(52)53)32-23-44-51(27(32)2)25-41-18-28-19-42(24-41)29(21-41)22-43(42,20-28)54-17-16-49-13-5-6-14-49/h3-4,9-12,23,28-29,47H,5-8,13-22,24-25H2,1-2H3,(H,45,48)(H,52,53)/t28?,29?,41-,42?,43?/m1/s1. The van der Waals surface area contributed by atoms with Crippen molar-refractivity contribution in [3.05, 3.63) is 65.1 Å². The molecule has 1 spiro atoms. The Morgan fingerprint density at radius 3 is 2.75 bits per heavy atom. The number of anilines is 4. The average Bonchev–Trinajstić information content (AvgIpc) is 4.02. The van der Waals surface area contributed by atoms with Gasteiger partial charge in [0.1, 0.15) is 17.5 Å². The third-order valence-corrected chi connectivity index (χ3v) is 15.8. The predicted molar refractivity (Wildman–Crippen MR) is 215 cm³/mol. The van der Waals surface area contributed by atoms with E-state index in [9.17, 15) is 9.90 Å². The largest absolute Gasteiger partial charge is 0.476 e. The summed E-state index contributed by atoms with van der Waals surface area (Å²) in [5.74, 6) is 2.96. The van der Waals surface area contributed by atoms with Crippen LogP contribution < -0.4 is 10.2 Å². The number of carboxylic acid groups (broad SMARTS) is 1. The van der Waals surface area contributed by atoms with Crippen molar-refractivity contribution in [1.82, 2.24) is 29.6 Å². The van der Waals surface area contributed by atoms with Gasteiger partial charge in [-0.25, -0.2) is 14.8 Å². The first kappa shape index (κ1) is 34.0. The van der Waals surface area contributed by atoms with E-state index < -0.39 is 5.97 Å². The van der Waals surface area contributed by atoms with E-state index in [0.29, 0.717) is 16.8 Å². The number of carboxylic acids is 1. The lowest BCUT2D eigenvalue weighted by Crippen LogP contribution is -2.59. The van der Waals surface area contributed by atoms with Gasteiger partial charge in [0, 0.05) is 41.9 Å². The number of thiazole rings is 1. The number of carbonyl (C=O) groups is 1. The maximum atomic E-state index is 12.9. The summed E-state index contributed by atoms with van der Waals surface area (Å²) in [5, 5.41) is 19.9. The number of aromatic amines is 1. The second kappa shape index (κ2) is 12.4. The molecule has 5 atom stereocenters. The number of fused-ring (bicyclic) bond motifs is 4. The van der Waals surface area contributed by atoms with Crippen LogP contribution in [0.1, 0.15) is 85.1 Å². The molecule has 3 N–H and O–H groups in total. The third-order valence-electron chi connectivity index (χ3n) is 14.8. The first-order valence-electron chi connectivity index (χ1n) is 20.5. The van der Waals surface area contributed by atoms with Gasteiger partial charge in [0.25, 0.3) is 0 Å². The van der Waals surface area contributed by atoms with Crippen molar-refractivity contribution in [3.63, 3.8) is 0 Å². The molecule has 286 valence electrons. The molecule has 0 amide bonds. The molecular formula is C43H50N8O3S. The summed E-state index contributed by atoms with van der Waals surface area (Å²) in [6.45, 7) is 10.3. The third kappa shape index (κ3) is 5.19. The van der Waals surface area contributed by atoms with Gasteiger partial charge in [-0.05, 0) is 144 Å². The maximum absolute atomic E-state index is 12.9. The van der Waals surface area contributed by atoms with Crippen LogP contribution in [0, 0.1) is 36.5 Å². The minimum absolute atomic E-state index is 0.0610. The molecule has 5 fully saturated rings. The highest BCUT2D eigenvalue weighted by molar-refractivity contribution is 7.22. The van der Waals surface area contributed by atoms with E-state index in [0.717, 1.165) is 94.7 Å². The molecule has 55 heavy (non-hydrogen) atoms. The number of aromatic carboxylic acids is 1. The van der Waals surface area contributed by atoms with Crippen LogP contribution in [0.4, 0.5) is 22.6 Å². The van der Waals surface area contributed by atoms with Crippen molar-refractivity contribution in [1.29, 1.82) is 0 Å². The number of pyridine rings is 1. The number of rotatable bonds is 11. The molecular weight excluding hydrogens is 709 g/mol. The molecule has 4 unspecified atom stereocenters.